The zero-order valence-corrected chi connectivity index (χ0v) is 12.0. The molecule has 2 atom stereocenters. The summed E-state index contributed by atoms with van der Waals surface area (Å²) in [6, 6.07) is 1.99. The van der Waals surface area contributed by atoms with Crippen LogP contribution >= 0.6 is 0 Å². The van der Waals surface area contributed by atoms with Crippen LogP contribution in [0.1, 0.15) is 32.1 Å². The highest BCUT2D eigenvalue weighted by Gasteiger charge is 2.25. The molecule has 0 spiro atoms. The van der Waals surface area contributed by atoms with Gasteiger partial charge in [-0.3, -0.25) is 9.48 Å². The predicted octanol–water partition coefficient (Wildman–Crippen LogP) is 1.38. The number of nitrogens with zero attached hydrogens (tertiary/aromatic N) is 2. The van der Waals surface area contributed by atoms with E-state index in [9.17, 15) is 4.79 Å². The zero-order chi connectivity index (χ0) is 14.4. The molecule has 1 aliphatic carbocycles. The van der Waals surface area contributed by atoms with Crippen LogP contribution in [0.2, 0.25) is 0 Å². The Kier molecular flexibility index (Phi) is 5.55. The highest BCUT2D eigenvalue weighted by molar-refractivity contribution is 5.91. The SMILES string of the molecule is COCCCn1ccc(NC(=O)C2CCCC(N)C2)n1. The van der Waals surface area contributed by atoms with Crippen molar-refractivity contribution in [2.45, 2.75) is 44.7 Å². The predicted molar refractivity (Wildman–Crippen MR) is 77.3 cm³/mol. The van der Waals surface area contributed by atoms with Gasteiger partial charge in [-0.15, -0.1) is 0 Å². The smallest absolute Gasteiger partial charge is 0.228 e. The maximum atomic E-state index is 12.1. The number of nitrogens with one attached hydrogen (secondary N) is 1. The van der Waals surface area contributed by atoms with Crippen molar-refractivity contribution in [3.63, 3.8) is 0 Å². The highest BCUT2D eigenvalue weighted by atomic mass is 16.5. The molecule has 0 aromatic carbocycles. The van der Waals surface area contributed by atoms with Crippen molar-refractivity contribution < 1.29 is 9.53 Å². The lowest BCUT2D eigenvalue weighted by molar-refractivity contribution is -0.120. The number of anilines is 1. The highest BCUT2D eigenvalue weighted by Crippen LogP contribution is 2.24. The molecule has 0 saturated heterocycles. The van der Waals surface area contributed by atoms with Crippen LogP contribution in [0.5, 0.6) is 0 Å². The second-order valence-electron chi connectivity index (χ2n) is 5.42. The van der Waals surface area contributed by atoms with Crippen LogP contribution in [-0.4, -0.2) is 35.4 Å². The van der Waals surface area contributed by atoms with Crippen molar-refractivity contribution in [2.24, 2.45) is 11.7 Å². The summed E-state index contributed by atoms with van der Waals surface area (Å²) >= 11 is 0. The standard InChI is InChI=1S/C14H24N4O2/c1-20-9-3-7-18-8-6-13(17-18)16-14(19)11-4-2-5-12(15)10-11/h6,8,11-12H,2-5,7,9-10,15H2,1H3,(H,16,17,19). The lowest BCUT2D eigenvalue weighted by Gasteiger charge is -2.25. The van der Waals surface area contributed by atoms with Crippen molar-refractivity contribution >= 4 is 11.7 Å². The second-order valence-corrected chi connectivity index (χ2v) is 5.42. The minimum Gasteiger partial charge on any atom is -0.385 e. The molecule has 2 rings (SSSR count). The molecule has 1 amide bonds. The minimum absolute atomic E-state index is 0.0254. The maximum Gasteiger partial charge on any atom is 0.228 e. The molecular weight excluding hydrogens is 256 g/mol. The Bertz CT molecular complexity index is 433. The molecule has 20 heavy (non-hydrogen) atoms. The monoisotopic (exact) mass is 280 g/mol. The number of amides is 1. The molecule has 6 heteroatoms. The Morgan fingerprint density at radius 2 is 2.45 bits per heavy atom. The van der Waals surface area contributed by atoms with Gasteiger partial charge < -0.3 is 15.8 Å². The van der Waals surface area contributed by atoms with Gasteiger partial charge in [-0.25, -0.2) is 0 Å². The van der Waals surface area contributed by atoms with Gasteiger partial charge in [-0.2, -0.15) is 5.10 Å². The third-order valence-corrected chi connectivity index (χ3v) is 3.71. The molecule has 6 nitrogen and oxygen atoms in total. The lowest BCUT2D eigenvalue weighted by atomic mass is 9.85. The number of aryl methyl sites for hydroxylation is 1. The molecule has 112 valence electrons. The summed E-state index contributed by atoms with van der Waals surface area (Å²) in [7, 11) is 1.68. The number of rotatable bonds is 6. The molecule has 1 aliphatic rings. The first-order valence-electron chi connectivity index (χ1n) is 7.28. The summed E-state index contributed by atoms with van der Waals surface area (Å²) in [6.07, 6.45) is 6.54. The molecular formula is C14H24N4O2. The molecule has 1 heterocycles. The minimum atomic E-state index is 0.0254. The molecule has 2 unspecified atom stereocenters. The normalized spacial score (nSPS) is 22.7. The molecule has 1 aromatic rings. The molecule has 0 radical (unpaired) electrons. The molecule has 1 saturated carbocycles. The van der Waals surface area contributed by atoms with E-state index in [1.807, 2.05) is 16.9 Å². The Balaban J connectivity index is 1.81. The zero-order valence-electron chi connectivity index (χ0n) is 12.0. The number of hydrogen-bond donors (Lipinski definition) is 2. The summed E-state index contributed by atoms with van der Waals surface area (Å²) in [5, 5.41) is 7.22. The van der Waals surface area contributed by atoms with Crippen molar-refractivity contribution in [1.29, 1.82) is 0 Å². The summed E-state index contributed by atoms with van der Waals surface area (Å²) in [6.45, 7) is 1.50. The van der Waals surface area contributed by atoms with Crippen LogP contribution in [0.4, 0.5) is 5.82 Å². The van der Waals surface area contributed by atoms with Crippen molar-refractivity contribution in [3.8, 4) is 0 Å². The van der Waals surface area contributed by atoms with Crippen LogP contribution in [-0.2, 0) is 16.1 Å². The number of nitrogens with two attached hydrogens (primary N) is 1. The fraction of sp³-hybridized carbons (Fsp3) is 0.714. The van der Waals surface area contributed by atoms with Crippen molar-refractivity contribution in [3.05, 3.63) is 12.3 Å². The van der Waals surface area contributed by atoms with Gasteiger partial charge in [-0.1, -0.05) is 6.42 Å². The first-order chi connectivity index (χ1) is 9.69. The van der Waals surface area contributed by atoms with Crippen molar-refractivity contribution in [2.75, 3.05) is 19.0 Å². The number of carbonyl (C=O) groups is 1. The quantitative estimate of drug-likeness (QED) is 0.771. The van der Waals surface area contributed by atoms with E-state index >= 15 is 0 Å². The number of aromatic nitrogens is 2. The third kappa shape index (κ3) is 4.31. The largest absolute Gasteiger partial charge is 0.385 e. The first kappa shape index (κ1) is 15.0. The van der Waals surface area contributed by atoms with E-state index in [4.69, 9.17) is 10.5 Å². The van der Waals surface area contributed by atoms with Crippen molar-refractivity contribution in [1.82, 2.24) is 9.78 Å². The topological polar surface area (TPSA) is 82.2 Å². The third-order valence-electron chi connectivity index (χ3n) is 3.71. The summed E-state index contributed by atoms with van der Waals surface area (Å²) < 4.78 is 6.82. The molecule has 0 aliphatic heterocycles. The molecule has 1 aromatic heterocycles. The summed E-state index contributed by atoms with van der Waals surface area (Å²) in [4.78, 5) is 12.1. The molecule has 0 bridgehead atoms. The van der Waals surface area contributed by atoms with E-state index in [2.05, 4.69) is 10.4 Å². The van der Waals surface area contributed by atoms with Crippen LogP contribution in [0.15, 0.2) is 12.3 Å². The van der Waals surface area contributed by atoms with Crippen LogP contribution < -0.4 is 11.1 Å². The number of carbonyl (C=O) groups excluding carboxylic acids is 1. The average molecular weight is 280 g/mol. The maximum absolute atomic E-state index is 12.1. The Labute approximate surface area is 119 Å². The van der Waals surface area contributed by atoms with E-state index in [0.717, 1.165) is 38.6 Å². The Hall–Kier alpha value is -1.40. The second kappa shape index (κ2) is 7.40. The van der Waals surface area contributed by atoms with Crippen LogP contribution in [0.3, 0.4) is 0 Å². The van der Waals surface area contributed by atoms with E-state index in [1.54, 1.807) is 7.11 Å². The summed E-state index contributed by atoms with van der Waals surface area (Å²) in [5.41, 5.74) is 5.92. The van der Waals surface area contributed by atoms with Gasteiger partial charge in [0.25, 0.3) is 0 Å². The van der Waals surface area contributed by atoms with Gasteiger partial charge in [0, 0.05) is 44.5 Å². The number of hydrogen-bond acceptors (Lipinski definition) is 4. The van der Waals surface area contributed by atoms with Crippen LogP contribution in [0, 0.1) is 5.92 Å². The first-order valence-corrected chi connectivity index (χ1v) is 7.28. The van der Waals surface area contributed by atoms with Gasteiger partial charge in [0.2, 0.25) is 5.91 Å². The Morgan fingerprint density at radius 1 is 1.60 bits per heavy atom. The lowest BCUT2D eigenvalue weighted by Crippen LogP contribution is -2.34. The summed E-state index contributed by atoms with van der Waals surface area (Å²) in [5.74, 6) is 0.686. The van der Waals surface area contributed by atoms with Gasteiger partial charge in [0.05, 0.1) is 0 Å². The average Bonchev–Trinajstić information content (AvgIpc) is 2.86. The van der Waals surface area contributed by atoms with E-state index < -0.39 is 0 Å². The molecule has 1 fully saturated rings. The number of ether oxygens (including phenoxy) is 1. The van der Waals surface area contributed by atoms with Gasteiger partial charge >= 0.3 is 0 Å². The van der Waals surface area contributed by atoms with E-state index in [-0.39, 0.29) is 17.9 Å². The fourth-order valence-electron chi connectivity index (χ4n) is 2.62. The van der Waals surface area contributed by atoms with E-state index in [0.29, 0.717) is 12.4 Å². The van der Waals surface area contributed by atoms with E-state index in [1.165, 1.54) is 0 Å². The van der Waals surface area contributed by atoms with Crippen LogP contribution in [0.25, 0.3) is 0 Å². The Morgan fingerprint density at radius 3 is 3.20 bits per heavy atom. The van der Waals surface area contributed by atoms with Gasteiger partial charge in [0.1, 0.15) is 0 Å². The van der Waals surface area contributed by atoms with Gasteiger partial charge in [0.15, 0.2) is 5.82 Å². The number of methoxy groups -OCH3 is 1. The fourth-order valence-corrected chi connectivity index (χ4v) is 2.62. The van der Waals surface area contributed by atoms with Gasteiger partial charge in [-0.05, 0) is 25.7 Å². The molecule has 3 N–H and O–H groups in total.